The second-order valence-electron chi connectivity index (χ2n) is 7.13. The summed E-state index contributed by atoms with van der Waals surface area (Å²) in [4.78, 5) is 2.37. The highest BCUT2D eigenvalue weighted by Crippen LogP contribution is 2.47. The third-order valence-electron chi connectivity index (χ3n) is 4.70. The fourth-order valence-corrected chi connectivity index (χ4v) is 3.82. The molecule has 2 N–H and O–H groups in total. The van der Waals surface area contributed by atoms with E-state index in [0.29, 0.717) is 6.54 Å². The molecule has 0 spiro atoms. The molecule has 0 aliphatic carbocycles. The van der Waals surface area contributed by atoms with Crippen LogP contribution in [0.3, 0.4) is 0 Å². The number of hydrogen-bond acceptors (Lipinski definition) is 3. The molecule has 2 rings (SSSR count). The van der Waals surface area contributed by atoms with Crippen molar-refractivity contribution < 1.29 is 4.74 Å². The summed E-state index contributed by atoms with van der Waals surface area (Å²) in [6.45, 7) is 10.1. The average molecular weight is 276 g/mol. The van der Waals surface area contributed by atoms with Crippen LogP contribution in [0.25, 0.3) is 0 Å². The topological polar surface area (TPSA) is 38.5 Å². The summed E-state index contributed by atoms with van der Waals surface area (Å²) in [6.07, 6.45) is 0.951. The first-order valence-electron chi connectivity index (χ1n) is 7.38. The SMILES string of the molecule is CN(Cc1ccccc1)C1(CN)CC(C)(C)OC1(C)C. The summed E-state index contributed by atoms with van der Waals surface area (Å²) in [5, 5.41) is 0. The lowest BCUT2D eigenvalue weighted by molar-refractivity contribution is -0.101. The van der Waals surface area contributed by atoms with Crippen molar-refractivity contribution in [2.24, 2.45) is 5.73 Å². The molecule has 0 amide bonds. The summed E-state index contributed by atoms with van der Waals surface area (Å²) in [7, 11) is 2.16. The van der Waals surface area contributed by atoms with E-state index in [0.717, 1.165) is 13.0 Å². The summed E-state index contributed by atoms with van der Waals surface area (Å²) in [5.74, 6) is 0. The fraction of sp³-hybridized carbons (Fsp3) is 0.647. The van der Waals surface area contributed by atoms with Crippen LogP contribution < -0.4 is 5.73 Å². The van der Waals surface area contributed by atoms with Crippen LogP contribution in [0.1, 0.15) is 39.7 Å². The molecule has 1 heterocycles. The van der Waals surface area contributed by atoms with E-state index in [1.807, 2.05) is 6.07 Å². The molecule has 0 saturated carbocycles. The van der Waals surface area contributed by atoms with Crippen molar-refractivity contribution in [1.29, 1.82) is 0 Å². The van der Waals surface area contributed by atoms with Crippen LogP contribution in [0.5, 0.6) is 0 Å². The molecule has 1 aliphatic heterocycles. The molecule has 112 valence electrons. The Morgan fingerprint density at radius 3 is 2.20 bits per heavy atom. The van der Waals surface area contributed by atoms with Gasteiger partial charge in [-0.1, -0.05) is 30.3 Å². The number of nitrogens with two attached hydrogens (primary N) is 1. The Kier molecular flexibility index (Phi) is 3.98. The van der Waals surface area contributed by atoms with E-state index in [-0.39, 0.29) is 16.7 Å². The molecular weight excluding hydrogens is 248 g/mol. The largest absolute Gasteiger partial charge is 0.368 e. The van der Waals surface area contributed by atoms with E-state index in [1.54, 1.807) is 0 Å². The van der Waals surface area contributed by atoms with Crippen LogP contribution in [0.15, 0.2) is 30.3 Å². The molecule has 0 radical (unpaired) electrons. The molecule has 1 aliphatic rings. The lowest BCUT2D eigenvalue weighted by Crippen LogP contribution is -2.61. The summed E-state index contributed by atoms with van der Waals surface area (Å²) >= 11 is 0. The van der Waals surface area contributed by atoms with Gasteiger partial charge >= 0.3 is 0 Å². The van der Waals surface area contributed by atoms with Gasteiger partial charge in [0, 0.05) is 13.1 Å². The van der Waals surface area contributed by atoms with Crippen LogP contribution in [-0.4, -0.2) is 35.2 Å². The number of likely N-dealkylation sites (N-methyl/N-ethyl adjacent to an activating group) is 1. The predicted octanol–water partition coefficient (Wildman–Crippen LogP) is 2.79. The smallest absolute Gasteiger partial charge is 0.0830 e. The van der Waals surface area contributed by atoms with Gasteiger partial charge in [0.1, 0.15) is 0 Å². The molecule has 1 fully saturated rings. The van der Waals surface area contributed by atoms with Crippen LogP contribution in [0, 0.1) is 0 Å². The number of benzene rings is 1. The van der Waals surface area contributed by atoms with Crippen LogP contribution in [0.2, 0.25) is 0 Å². The maximum absolute atomic E-state index is 6.28. The minimum atomic E-state index is -0.255. The highest BCUT2D eigenvalue weighted by atomic mass is 16.5. The Morgan fingerprint density at radius 2 is 1.75 bits per heavy atom. The molecule has 0 bridgehead atoms. The van der Waals surface area contributed by atoms with Crippen molar-refractivity contribution in [1.82, 2.24) is 4.90 Å². The minimum absolute atomic E-state index is 0.131. The van der Waals surface area contributed by atoms with Gasteiger partial charge in [0.2, 0.25) is 0 Å². The molecule has 3 heteroatoms. The molecular formula is C17H28N2O. The van der Waals surface area contributed by atoms with Crippen molar-refractivity contribution in [2.75, 3.05) is 13.6 Å². The fourth-order valence-electron chi connectivity index (χ4n) is 3.82. The highest BCUT2D eigenvalue weighted by Gasteiger charge is 2.58. The lowest BCUT2D eigenvalue weighted by atomic mass is 9.77. The molecule has 20 heavy (non-hydrogen) atoms. The first-order valence-corrected chi connectivity index (χ1v) is 7.38. The summed E-state index contributed by atoms with van der Waals surface area (Å²) < 4.78 is 6.28. The third-order valence-corrected chi connectivity index (χ3v) is 4.70. The normalized spacial score (nSPS) is 27.9. The average Bonchev–Trinajstić information content (AvgIpc) is 2.55. The van der Waals surface area contributed by atoms with Crippen molar-refractivity contribution in [2.45, 2.75) is 57.4 Å². The first-order chi connectivity index (χ1) is 9.22. The monoisotopic (exact) mass is 276 g/mol. The molecule has 1 saturated heterocycles. The van der Waals surface area contributed by atoms with Crippen LogP contribution in [0.4, 0.5) is 0 Å². The van der Waals surface area contributed by atoms with Gasteiger partial charge in [-0.25, -0.2) is 0 Å². The van der Waals surface area contributed by atoms with E-state index in [4.69, 9.17) is 10.5 Å². The van der Waals surface area contributed by atoms with Crippen molar-refractivity contribution in [3.05, 3.63) is 35.9 Å². The molecule has 0 aromatic heterocycles. The van der Waals surface area contributed by atoms with Crippen molar-refractivity contribution >= 4 is 0 Å². The van der Waals surface area contributed by atoms with Gasteiger partial charge < -0.3 is 10.5 Å². The molecule has 1 unspecified atom stereocenters. The third kappa shape index (κ3) is 2.62. The first kappa shape index (κ1) is 15.5. The molecule has 1 atom stereocenters. The quantitative estimate of drug-likeness (QED) is 0.919. The Bertz CT molecular complexity index is 455. The summed E-state index contributed by atoms with van der Waals surface area (Å²) in [5.41, 5.74) is 6.99. The molecule has 1 aromatic rings. The Hall–Kier alpha value is -0.900. The molecule has 1 aromatic carbocycles. The minimum Gasteiger partial charge on any atom is -0.368 e. The van der Waals surface area contributed by atoms with E-state index < -0.39 is 0 Å². The number of nitrogens with zero attached hydrogens (tertiary/aromatic N) is 1. The van der Waals surface area contributed by atoms with Gasteiger partial charge in [0.25, 0.3) is 0 Å². The van der Waals surface area contributed by atoms with Crippen LogP contribution in [-0.2, 0) is 11.3 Å². The molecule has 3 nitrogen and oxygen atoms in total. The van der Waals surface area contributed by atoms with E-state index >= 15 is 0 Å². The van der Waals surface area contributed by atoms with Gasteiger partial charge in [-0.15, -0.1) is 0 Å². The van der Waals surface area contributed by atoms with Gasteiger partial charge in [-0.3, -0.25) is 4.90 Å². The number of hydrogen-bond donors (Lipinski definition) is 1. The Labute approximate surface area is 123 Å². The Morgan fingerprint density at radius 1 is 1.15 bits per heavy atom. The summed E-state index contributed by atoms with van der Waals surface area (Å²) in [6, 6.07) is 10.5. The lowest BCUT2D eigenvalue weighted by Gasteiger charge is -2.46. The van der Waals surface area contributed by atoms with Gasteiger partial charge in [-0.2, -0.15) is 0 Å². The highest BCUT2D eigenvalue weighted by molar-refractivity contribution is 5.18. The maximum Gasteiger partial charge on any atom is 0.0830 e. The van der Waals surface area contributed by atoms with Crippen molar-refractivity contribution in [3.63, 3.8) is 0 Å². The van der Waals surface area contributed by atoms with E-state index in [2.05, 4.69) is 63.9 Å². The zero-order valence-corrected chi connectivity index (χ0v) is 13.4. The number of ether oxygens (including phenoxy) is 1. The second kappa shape index (κ2) is 5.14. The zero-order chi connectivity index (χ0) is 15.0. The van der Waals surface area contributed by atoms with E-state index in [1.165, 1.54) is 5.56 Å². The zero-order valence-electron chi connectivity index (χ0n) is 13.4. The predicted molar refractivity (Wildman–Crippen MR) is 83.6 cm³/mol. The van der Waals surface area contributed by atoms with Crippen molar-refractivity contribution in [3.8, 4) is 0 Å². The second-order valence-corrected chi connectivity index (χ2v) is 7.13. The maximum atomic E-state index is 6.28. The van der Waals surface area contributed by atoms with Gasteiger partial charge in [-0.05, 0) is 46.7 Å². The number of rotatable bonds is 4. The van der Waals surface area contributed by atoms with Crippen LogP contribution >= 0.6 is 0 Å². The Balaban J connectivity index is 2.27. The standard InChI is InChI=1S/C17H28N2O/c1-15(2)12-17(13-18,16(3,4)20-15)19(5)11-14-9-7-6-8-10-14/h6-10H,11-13,18H2,1-5H3. The van der Waals surface area contributed by atoms with E-state index in [9.17, 15) is 0 Å². The van der Waals surface area contributed by atoms with Gasteiger partial charge in [0.15, 0.2) is 0 Å². The van der Waals surface area contributed by atoms with Gasteiger partial charge in [0.05, 0.1) is 16.7 Å².